The number of hydrogen-bond donors (Lipinski definition) is 3. The van der Waals surface area contributed by atoms with E-state index >= 15 is 0 Å². The highest BCUT2D eigenvalue weighted by Crippen LogP contribution is 2.43. The third kappa shape index (κ3) is 7.67. The van der Waals surface area contributed by atoms with Gasteiger partial charge >= 0.3 is 5.97 Å². The van der Waals surface area contributed by atoms with Crippen LogP contribution in [-0.2, 0) is 27.4 Å². The number of nitrogens with zero attached hydrogens (tertiary/aromatic N) is 1. The van der Waals surface area contributed by atoms with Gasteiger partial charge in [0.2, 0.25) is 0 Å². The molecule has 212 valence electrons. The fourth-order valence-electron chi connectivity index (χ4n) is 4.21. The minimum absolute atomic E-state index is 0.0587. The van der Waals surface area contributed by atoms with Crippen LogP contribution in [0.2, 0.25) is 0 Å². The molecular weight excluding hydrogens is 599 g/mol. The summed E-state index contributed by atoms with van der Waals surface area (Å²) in [5, 5.41) is 22.0. The van der Waals surface area contributed by atoms with Crippen LogP contribution in [0.15, 0.2) is 71.9 Å². The Balaban J connectivity index is 1.54. The second-order valence-electron chi connectivity index (χ2n) is 9.22. The number of aromatic carboxylic acids is 1. The van der Waals surface area contributed by atoms with Crippen molar-refractivity contribution in [3.8, 4) is 0 Å². The molecule has 12 heteroatoms. The number of carboxylic acid groups (broad SMARTS) is 1. The number of thioether (sulfide) groups is 1. The summed E-state index contributed by atoms with van der Waals surface area (Å²) < 4.78 is 10.8. The summed E-state index contributed by atoms with van der Waals surface area (Å²) in [5.41, 5.74) is 3.41. The van der Waals surface area contributed by atoms with Crippen molar-refractivity contribution in [3.05, 3.63) is 94.7 Å². The lowest BCUT2D eigenvalue weighted by molar-refractivity contribution is -0.268. The summed E-state index contributed by atoms with van der Waals surface area (Å²) in [6.45, 7) is 2.14. The summed E-state index contributed by atoms with van der Waals surface area (Å²) >= 11 is 18.2. The molecule has 40 heavy (non-hydrogen) atoms. The molecule has 3 N–H and O–H groups in total. The van der Waals surface area contributed by atoms with Gasteiger partial charge in [-0.25, -0.2) is 9.78 Å². The van der Waals surface area contributed by atoms with E-state index in [1.807, 2.05) is 55.5 Å². The van der Waals surface area contributed by atoms with Gasteiger partial charge in [0.15, 0.2) is 6.29 Å². The van der Waals surface area contributed by atoms with Crippen LogP contribution in [-0.4, -0.2) is 42.7 Å². The number of ether oxygens (including phenoxy) is 2. The quantitative estimate of drug-likeness (QED) is 0.201. The molecule has 0 spiro atoms. The number of rotatable bonds is 9. The van der Waals surface area contributed by atoms with Gasteiger partial charge in [-0.15, -0.1) is 11.8 Å². The summed E-state index contributed by atoms with van der Waals surface area (Å²) in [7, 11) is 0. The molecule has 1 aromatic heterocycles. The van der Waals surface area contributed by atoms with Gasteiger partial charge < -0.3 is 25.0 Å². The fourth-order valence-corrected chi connectivity index (χ4v) is 5.57. The first-order chi connectivity index (χ1) is 19.1. The van der Waals surface area contributed by atoms with Gasteiger partial charge in [-0.3, -0.25) is 4.79 Å². The van der Waals surface area contributed by atoms with Crippen molar-refractivity contribution >= 4 is 58.4 Å². The molecule has 2 heterocycles. The van der Waals surface area contributed by atoms with Crippen molar-refractivity contribution in [1.82, 2.24) is 10.3 Å². The maximum atomic E-state index is 11.9. The average molecular weight is 626 g/mol. The molecule has 4 atom stereocenters. The lowest BCUT2D eigenvalue weighted by atomic mass is 9.91. The fraction of sp³-hybridized carbons (Fsp3) is 0.321. The second kappa shape index (κ2) is 13.5. The maximum absolute atomic E-state index is 11.9. The summed E-state index contributed by atoms with van der Waals surface area (Å²) in [6, 6.07) is 18.0. The lowest BCUT2D eigenvalue weighted by Crippen LogP contribution is -2.38. The number of aromatic nitrogens is 1. The molecular formula is C28H27Cl3N2O6S. The third-order valence-corrected chi connectivity index (χ3v) is 8.08. The molecule has 0 bridgehead atoms. The monoisotopic (exact) mass is 624 g/mol. The third-order valence-electron chi connectivity index (χ3n) is 6.47. The number of benzene rings is 2. The highest BCUT2D eigenvalue weighted by molar-refractivity contribution is 7.99. The molecule has 0 radical (unpaired) electrons. The first-order valence-corrected chi connectivity index (χ1v) is 14.4. The number of carbonyl (C=O) groups is 2. The van der Waals surface area contributed by atoms with E-state index in [2.05, 4.69) is 10.3 Å². The number of pyridine rings is 1. The molecule has 2 aromatic carbocycles. The maximum Gasteiger partial charge on any atom is 0.338 e. The Morgan fingerprint density at radius 2 is 1.65 bits per heavy atom. The van der Waals surface area contributed by atoms with Crippen molar-refractivity contribution in [1.29, 1.82) is 0 Å². The van der Waals surface area contributed by atoms with Gasteiger partial charge in [0.05, 0.1) is 24.4 Å². The first-order valence-electron chi connectivity index (χ1n) is 12.3. The highest BCUT2D eigenvalue weighted by atomic mass is 35.6. The van der Waals surface area contributed by atoms with Gasteiger partial charge in [-0.2, -0.15) is 0 Å². The number of hydrogen-bond acceptors (Lipinski definition) is 7. The average Bonchev–Trinajstić information content (AvgIpc) is 2.95. The van der Waals surface area contributed by atoms with E-state index in [-0.39, 0.29) is 36.8 Å². The van der Waals surface area contributed by atoms with E-state index in [9.17, 15) is 19.8 Å². The number of carbonyl (C=O) groups excluding carboxylic acids is 1. The van der Waals surface area contributed by atoms with Crippen LogP contribution in [0.4, 0.5) is 0 Å². The second-order valence-corrected chi connectivity index (χ2v) is 12.5. The minimum Gasteiger partial charge on any atom is -0.478 e. The van der Waals surface area contributed by atoms with Crippen LogP contribution >= 0.6 is 46.6 Å². The van der Waals surface area contributed by atoms with Gasteiger partial charge in [0, 0.05) is 30.0 Å². The zero-order valence-electron chi connectivity index (χ0n) is 21.3. The number of amides is 1. The summed E-state index contributed by atoms with van der Waals surface area (Å²) in [6.07, 6.45) is 0.215. The number of alkyl halides is 3. The molecule has 1 aliphatic heterocycles. The van der Waals surface area contributed by atoms with Crippen LogP contribution in [0, 0.1) is 5.92 Å². The normalized spacial score (nSPS) is 21.1. The molecule has 8 nitrogen and oxygen atoms in total. The van der Waals surface area contributed by atoms with Crippen molar-refractivity contribution in [3.63, 3.8) is 0 Å². The van der Waals surface area contributed by atoms with Gasteiger partial charge in [-0.05, 0) is 28.8 Å². The predicted octanol–water partition coefficient (Wildman–Crippen LogP) is 5.84. The molecule has 1 amide bonds. The zero-order chi connectivity index (χ0) is 28.9. The first kappa shape index (κ1) is 30.6. The van der Waals surface area contributed by atoms with Gasteiger partial charge in [0.1, 0.15) is 5.03 Å². The molecule has 0 aliphatic carbocycles. The van der Waals surface area contributed by atoms with Crippen LogP contribution in [0.1, 0.15) is 51.9 Å². The number of nitrogens with one attached hydrogen (secondary N) is 1. The van der Waals surface area contributed by atoms with E-state index in [1.165, 1.54) is 17.8 Å². The van der Waals surface area contributed by atoms with Crippen molar-refractivity contribution < 1.29 is 29.3 Å². The van der Waals surface area contributed by atoms with Gasteiger partial charge in [-0.1, -0.05) is 90.3 Å². The number of halogens is 3. The molecule has 3 aromatic rings. The molecule has 1 saturated heterocycles. The molecule has 4 rings (SSSR count). The number of carboxylic acids is 1. The van der Waals surface area contributed by atoms with Crippen molar-refractivity contribution in [2.45, 2.75) is 47.4 Å². The van der Waals surface area contributed by atoms with Crippen LogP contribution in [0.5, 0.6) is 0 Å². The largest absolute Gasteiger partial charge is 0.478 e. The molecule has 0 unspecified atom stereocenters. The minimum atomic E-state index is -2.04. The Bertz CT molecular complexity index is 1320. The molecule has 0 saturated carbocycles. The lowest BCUT2D eigenvalue weighted by Gasteiger charge is -2.41. The van der Waals surface area contributed by atoms with Gasteiger partial charge in [0.25, 0.3) is 9.70 Å². The Morgan fingerprint density at radius 1 is 1.00 bits per heavy atom. The zero-order valence-corrected chi connectivity index (χ0v) is 24.4. The van der Waals surface area contributed by atoms with E-state index in [1.54, 1.807) is 12.3 Å². The van der Waals surface area contributed by atoms with E-state index < -0.39 is 22.0 Å². The van der Waals surface area contributed by atoms with Crippen LogP contribution in [0.25, 0.3) is 0 Å². The summed E-state index contributed by atoms with van der Waals surface area (Å²) in [5.74, 6) is -1.40. The van der Waals surface area contributed by atoms with Crippen molar-refractivity contribution in [2.75, 3.05) is 5.75 Å². The highest BCUT2D eigenvalue weighted by Gasteiger charge is 2.38. The van der Waals surface area contributed by atoms with Crippen molar-refractivity contribution in [2.24, 2.45) is 5.92 Å². The van der Waals surface area contributed by atoms with E-state index in [4.69, 9.17) is 44.3 Å². The molecule has 1 aliphatic rings. The van der Waals surface area contributed by atoms with Crippen LogP contribution in [0.3, 0.4) is 0 Å². The molecule has 1 fully saturated rings. The Morgan fingerprint density at radius 3 is 2.27 bits per heavy atom. The SMILES string of the molecule is C[C@@H]1[C@H](CSc2ncccc2C(=O)O)O[C@H](c2ccc(CNC(=O)C(Cl)(Cl)Cl)cc2)O[C@@H]1c1ccc(CO)cc1. The van der Waals surface area contributed by atoms with E-state index in [0.717, 1.165) is 22.3 Å². The Hall–Kier alpha value is -2.37. The Kier molecular flexibility index (Phi) is 10.3. The number of aliphatic hydroxyl groups is 1. The predicted molar refractivity (Wildman–Crippen MR) is 153 cm³/mol. The number of aliphatic hydroxyl groups excluding tert-OH is 1. The standard InChI is InChI=1S/C28H27Cl3N2O6S/c1-16-22(15-40-24-21(25(35)36)3-2-12-32-24)38-26(39-23(16)19-8-6-18(14-34)7-9-19)20-10-4-17(5-11-20)13-33-27(37)28(29,30)31/h2-12,16,22-23,26,34H,13-15H2,1H3,(H,33,37)(H,35,36)/t16-,22+,23+,26+/m1/s1. The topological polar surface area (TPSA) is 118 Å². The summed E-state index contributed by atoms with van der Waals surface area (Å²) in [4.78, 5) is 27.8. The van der Waals surface area contributed by atoms with E-state index in [0.29, 0.717) is 10.8 Å². The smallest absolute Gasteiger partial charge is 0.338 e. The Labute approximate surface area is 250 Å². The van der Waals surface area contributed by atoms with Crippen LogP contribution < -0.4 is 5.32 Å².